The van der Waals surface area contributed by atoms with Crippen molar-refractivity contribution < 1.29 is 19.4 Å². The number of carboxylic acid groups (broad SMARTS) is 1. The molecule has 0 aromatic heterocycles. The molecule has 5 nitrogen and oxygen atoms in total. The molecular formula is C23H22ClNO4. The minimum Gasteiger partial charge on any atom is -0.485 e. The quantitative estimate of drug-likeness (QED) is 0.454. The molecule has 2 N–H and O–H groups in total. The summed E-state index contributed by atoms with van der Waals surface area (Å²) >= 11 is 5.77. The third-order valence-electron chi connectivity index (χ3n) is 4.35. The molecule has 3 aromatic rings. The molecule has 0 saturated heterocycles. The summed E-state index contributed by atoms with van der Waals surface area (Å²) < 4.78 is 12.0. The zero-order valence-electron chi connectivity index (χ0n) is 15.8. The van der Waals surface area contributed by atoms with Gasteiger partial charge in [0.1, 0.15) is 13.2 Å². The summed E-state index contributed by atoms with van der Waals surface area (Å²) in [6, 6.07) is 24.4. The van der Waals surface area contributed by atoms with Crippen LogP contribution in [0.5, 0.6) is 11.5 Å². The number of aliphatic carboxylic acids is 1. The van der Waals surface area contributed by atoms with E-state index in [0.717, 1.165) is 11.1 Å². The van der Waals surface area contributed by atoms with Crippen LogP contribution >= 0.6 is 11.8 Å². The van der Waals surface area contributed by atoms with Crippen LogP contribution in [-0.4, -0.2) is 11.1 Å². The van der Waals surface area contributed by atoms with Crippen molar-refractivity contribution in [3.63, 3.8) is 0 Å². The first-order valence-electron chi connectivity index (χ1n) is 9.21. The molecule has 3 rings (SSSR count). The van der Waals surface area contributed by atoms with Crippen LogP contribution in [0.15, 0.2) is 78.9 Å². The van der Waals surface area contributed by atoms with Crippen LogP contribution in [0.1, 0.15) is 29.2 Å². The fraction of sp³-hybridized carbons (Fsp3) is 0.174. The molecule has 0 aliphatic heterocycles. The average Bonchev–Trinajstić information content (AvgIpc) is 2.76. The van der Waals surface area contributed by atoms with Crippen molar-refractivity contribution in [1.29, 1.82) is 0 Å². The second kappa shape index (κ2) is 10.5. The van der Waals surface area contributed by atoms with E-state index in [9.17, 15) is 4.79 Å². The fourth-order valence-electron chi connectivity index (χ4n) is 2.84. The Hall–Kier alpha value is -3.02. The lowest BCUT2D eigenvalue weighted by Crippen LogP contribution is -2.16. The Morgan fingerprint density at radius 2 is 1.41 bits per heavy atom. The van der Waals surface area contributed by atoms with Gasteiger partial charge in [-0.05, 0) is 40.6 Å². The van der Waals surface area contributed by atoms with E-state index in [1.165, 1.54) is 0 Å². The van der Waals surface area contributed by atoms with Gasteiger partial charge in [0.25, 0.3) is 0 Å². The predicted octanol–water partition coefficient (Wildman–Crippen LogP) is 5.10. The zero-order chi connectivity index (χ0) is 20.5. The Morgan fingerprint density at radius 1 is 0.862 bits per heavy atom. The van der Waals surface area contributed by atoms with Crippen molar-refractivity contribution >= 4 is 17.7 Å². The molecule has 0 aliphatic carbocycles. The highest BCUT2D eigenvalue weighted by atomic mass is 35.5. The van der Waals surface area contributed by atoms with Crippen molar-refractivity contribution in [3.8, 4) is 11.5 Å². The van der Waals surface area contributed by atoms with Gasteiger partial charge in [-0.25, -0.2) is 4.84 Å². The van der Waals surface area contributed by atoms with Crippen LogP contribution in [0.2, 0.25) is 0 Å². The smallest absolute Gasteiger partial charge is 0.305 e. The molecular weight excluding hydrogens is 390 g/mol. The molecule has 0 bridgehead atoms. The summed E-state index contributed by atoms with van der Waals surface area (Å²) in [5, 5.41) is 9.11. The number of carbonyl (C=O) groups is 1. The average molecular weight is 412 g/mol. The SMILES string of the molecule is O=C(O)CC(NCl)c1ccc(OCc2ccccc2)c(OCc2ccccc2)c1. The lowest BCUT2D eigenvalue weighted by atomic mass is 10.0. The summed E-state index contributed by atoms with van der Waals surface area (Å²) in [5.41, 5.74) is 2.76. The van der Waals surface area contributed by atoms with Gasteiger partial charge in [0.15, 0.2) is 11.5 Å². The Bertz CT molecular complexity index is 919. The van der Waals surface area contributed by atoms with Crippen molar-refractivity contribution in [2.24, 2.45) is 0 Å². The minimum absolute atomic E-state index is 0.147. The van der Waals surface area contributed by atoms with E-state index < -0.39 is 12.0 Å². The molecule has 0 heterocycles. The highest BCUT2D eigenvalue weighted by Crippen LogP contribution is 2.33. The summed E-state index contributed by atoms with van der Waals surface area (Å²) in [6.45, 7) is 0.762. The maximum absolute atomic E-state index is 11.1. The zero-order valence-corrected chi connectivity index (χ0v) is 16.5. The number of halogens is 1. The highest BCUT2D eigenvalue weighted by molar-refractivity contribution is 6.13. The van der Waals surface area contributed by atoms with E-state index in [0.29, 0.717) is 30.3 Å². The largest absolute Gasteiger partial charge is 0.485 e. The van der Waals surface area contributed by atoms with Crippen LogP contribution in [0, 0.1) is 0 Å². The molecule has 0 spiro atoms. The molecule has 29 heavy (non-hydrogen) atoms. The highest BCUT2D eigenvalue weighted by Gasteiger charge is 2.17. The number of carboxylic acids is 1. The number of hydrogen-bond donors (Lipinski definition) is 2. The molecule has 0 radical (unpaired) electrons. The first-order valence-corrected chi connectivity index (χ1v) is 9.59. The molecule has 1 unspecified atom stereocenters. The van der Waals surface area contributed by atoms with E-state index >= 15 is 0 Å². The third kappa shape index (κ3) is 6.24. The number of nitrogens with one attached hydrogen (secondary N) is 1. The van der Waals surface area contributed by atoms with Gasteiger partial charge in [-0.2, -0.15) is 0 Å². The summed E-state index contributed by atoms with van der Waals surface area (Å²) in [5.74, 6) is 0.168. The van der Waals surface area contributed by atoms with Crippen LogP contribution < -0.4 is 14.3 Å². The van der Waals surface area contributed by atoms with E-state index in [1.54, 1.807) is 18.2 Å². The molecule has 150 valence electrons. The van der Waals surface area contributed by atoms with Crippen LogP contribution in [0.25, 0.3) is 0 Å². The third-order valence-corrected chi connectivity index (χ3v) is 4.62. The van der Waals surface area contributed by atoms with Gasteiger partial charge in [0.2, 0.25) is 0 Å². The number of hydrogen-bond acceptors (Lipinski definition) is 4. The summed E-state index contributed by atoms with van der Waals surface area (Å²) in [4.78, 5) is 13.6. The van der Waals surface area contributed by atoms with Crippen molar-refractivity contribution in [2.75, 3.05) is 0 Å². The summed E-state index contributed by atoms with van der Waals surface area (Å²) in [6.07, 6.45) is -0.147. The van der Waals surface area contributed by atoms with E-state index in [2.05, 4.69) is 4.84 Å². The number of rotatable bonds is 10. The van der Waals surface area contributed by atoms with Crippen molar-refractivity contribution in [2.45, 2.75) is 25.7 Å². The number of ether oxygens (including phenoxy) is 2. The van der Waals surface area contributed by atoms with Crippen LogP contribution in [0.3, 0.4) is 0 Å². The standard InChI is InChI=1S/C23H22ClNO4/c24-25-20(14-23(26)27)19-11-12-21(28-15-17-7-3-1-4-8-17)22(13-19)29-16-18-9-5-2-6-10-18/h1-13,20,25H,14-16H2,(H,26,27). The van der Waals surface area contributed by atoms with Gasteiger partial charge < -0.3 is 14.6 Å². The molecule has 0 fully saturated rings. The van der Waals surface area contributed by atoms with Gasteiger partial charge in [-0.15, -0.1) is 0 Å². The van der Waals surface area contributed by atoms with Crippen molar-refractivity contribution in [3.05, 3.63) is 95.6 Å². The molecule has 6 heteroatoms. The first kappa shape index (κ1) is 20.7. The fourth-order valence-corrected chi connectivity index (χ4v) is 3.04. The van der Waals surface area contributed by atoms with Gasteiger partial charge in [0, 0.05) is 0 Å². The first-order chi connectivity index (χ1) is 14.2. The monoisotopic (exact) mass is 411 g/mol. The lowest BCUT2D eigenvalue weighted by molar-refractivity contribution is -0.137. The molecule has 0 aliphatic rings. The Labute approximate surface area is 175 Å². The Morgan fingerprint density at radius 3 is 1.93 bits per heavy atom. The van der Waals surface area contributed by atoms with E-state index in [4.69, 9.17) is 26.4 Å². The topological polar surface area (TPSA) is 67.8 Å². The summed E-state index contributed by atoms with van der Waals surface area (Å²) in [7, 11) is 0. The maximum atomic E-state index is 11.1. The van der Waals surface area contributed by atoms with Crippen LogP contribution in [0.4, 0.5) is 0 Å². The Kier molecular flexibility index (Phi) is 7.50. The predicted molar refractivity (Wildman–Crippen MR) is 112 cm³/mol. The van der Waals surface area contributed by atoms with E-state index in [-0.39, 0.29) is 6.42 Å². The van der Waals surface area contributed by atoms with Gasteiger partial charge in [0.05, 0.1) is 12.5 Å². The normalized spacial score (nSPS) is 11.6. The molecule has 1 atom stereocenters. The van der Waals surface area contributed by atoms with Crippen molar-refractivity contribution in [1.82, 2.24) is 4.84 Å². The van der Waals surface area contributed by atoms with Gasteiger partial charge in [-0.1, -0.05) is 66.7 Å². The van der Waals surface area contributed by atoms with E-state index in [1.807, 2.05) is 60.7 Å². The second-order valence-corrected chi connectivity index (χ2v) is 6.73. The van der Waals surface area contributed by atoms with Gasteiger partial charge in [-0.3, -0.25) is 4.79 Å². The molecule has 0 amide bonds. The Balaban J connectivity index is 1.81. The van der Waals surface area contributed by atoms with Crippen LogP contribution in [-0.2, 0) is 18.0 Å². The molecule has 0 saturated carbocycles. The molecule has 3 aromatic carbocycles. The lowest BCUT2D eigenvalue weighted by Gasteiger charge is -2.18. The number of benzene rings is 3. The van der Waals surface area contributed by atoms with Gasteiger partial charge >= 0.3 is 5.97 Å². The maximum Gasteiger partial charge on any atom is 0.305 e. The minimum atomic E-state index is -0.945. The second-order valence-electron chi connectivity index (χ2n) is 6.51.